The molecule has 3 heteroatoms. The number of carbonyl (C=O) groups is 1. The van der Waals surface area contributed by atoms with Crippen molar-refractivity contribution in [2.75, 3.05) is 0 Å². The summed E-state index contributed by atoms with van der Waals surface area (Å²) in [6, 6.07) is 8.39. The molecule has 0 saturated heterocycles. The van der Waals surface area contributed by atoms with Crippen LogP contribution in [0.3, 0.4) is 0 Å². The van der Waals surface area contributed by atoms with Gasteiger partial charge in [0.1, 0.15) is 5.75 Å². The van der Waals surface area contributed by atoms with E-state index >= 15 is 0 Å². The van der Waals surface area contributed by atoms with Gasteiger partial charge in [-0.15, -0.1) is 0 Å². The van der Waals surface area contributed by atoms with E-state index in [1.807, 2.05) is 30.0 Å². The second kappa shape index (κ2) is 4.63. The van der Waals surface area contributed by atoms with E-state index in [9.17, 15) is 4.79 Å². The van der Waals surface area contributed by atoms with Gasteiger partial charge in [0.15, 0.2) is 6.10 Å². The Morgan fingerprint density at radius 2 is 1.94 bits per heavy atom. The zero-order chi connectivity index (χ0) is 12.5. The molecule has 3 rings (SSSR count). The smallest absolute Gasteiger partial charge is 0.263 e. The highest BCUT2D eigenvalue weighted by Crippen LogP contribution is 2.31. The summed E-state index contributed by atoms with van der Waals surface area (Å²) in [5.41, 5.74) is 1.13. The Bertz CT molecular complexity index is 452. The Kier molecular flexibility index (Phi) is 2.98. The predicted octanol–water partition coefficient (Wildman–Crippen LogP) is 2.74. The molecule has 0 N–H and O–H groups in total. The molecular weight excluding hydrogens is 226 g/mol. The molecule has 0 radical (unpaired) electrons. The molecular formula is C15H19NO2. The second-order valence-electron chi connectivity index (χ2n) is 5.27. The molecule has 96 valence electrons. The van der Waals surface area contributed by atoms with Gasteiger partial charge in [0, 0.05) is 18.2 Å². The van der Waals surface area contributed by atoms with E-state index in [-0.39, 0.29) is 12.0 Å². The molecule has 1 amide bonds. The molecule has 2 aliphatic rings. The molecule has 1 aromatic rings. The molecule has 0 aromatic heterocycles. The first kappa shape index (κ1) is 11.6. The number of rotatable bonds is 1. The van der Waals surface area contributed by atoms with Gasteiger partial charge in [-0.05, 0) is 25.8 Å². The van der Waals surface area contributed by atoms with Gasteiger partial charge >= 0.3 is 0 Å². The maximum atomic E-state index is 12.4. The summed E-state index contributed by atoms with van der Waals surface area (Å²) in [5.74, 6) is 0.997. The average molecular weight is 245 g/mol. The lowest BCUT2D eigenvalue weighted by atomic mass is 10.1. The summed E-state index contributed by atoms with van der Waals surface area (Å²) in [6.45, 7) is 2.55. The van der Waals surface area contributed by atoms with Crippen LogP contribution in [0.15, 0.2) is 24.3 Å². The first-order chi connectivity index (χ1) is 8.75. The van der Waals surface area contributed by atoms with Gasteiger partial charge in [0.25, 0.3) is 5.91 Å². The zero-order valence-corrected chi connectivity index (χ0v) is 10.8. The van der Waals surface area contributed by atoms with Crippen molar-refractivity contribution in [3.63, 3.8) is 0 Å². The summed E-state index contributed by atoms with van der Waals surface area (Å²) in [6.07, 6.45) is 4.40. The number of amides is 1. The number of ether oxygens (including phenoxy) is 1. The predicted molar refractivity (Wildman–Crippen MR) is 69.3 cm³/mol. The van der Waals surface area contributed by atoms with Crippen molar-refractivity contribution < 1.29 is 9.53 Å². The van der Waals surface area contributed by atoms with Gasteiger partial charge in [-0.1, -0.05) is 31.0 Å². The van der Waals surface area contributed by atoms with Crippen molar-refractivity contribution in [3.8, 4) is 5.75 Å². The summed E-state index contributed by atoms with van der Waals surface area (Å²) >= 11 is 0. The molecule has 1 fully saturated rings. The summed E-state index contributed by atoms with van der Waals surface area (Å²) in [5, 5.41) is 0. The van der Waals surface area contributed by atoms with E-state index in [0.717, 1.165) is 24.2 Å². The van der Waals surface area contributed by atoms with Crippen LogP contribution in [0.1, 0.15) is 38.2 Å². The van der Waals surface area contributed by atoms with E-state index in [2.05, 4.69) is 6.07 Å². The standard InChI is InChI=1S/C15H19NO2/c1-11-15(17)16(13-7-3-4-8-13)10-12-6-2-5-9-14(12)18-11/h2,5-6,9,11,13H,3-4,7-8,10H2,1H3/t11-/m1/s1. The fourth-order valence-corrected chi connectivity index (χ4v) is 3.01. The molecule has 1 atom stereocenters. The Morgan fingerprint density at radius 1 is 1.22 bits per heavy atom. The highest BCUT2D eigenvalue weighted by molar-refractivity contribution is 5.82. The first-order valence-electron chi connectivity index (χ1n) is 6.81. The number of para-hydroxylation sites is 1. The molecule has 1 aliphatic carbocycles. The summed E-state index contributed by atoms with van der Waals surface area (Å²) < 4.78 is 5.77. The van der Waals surface area contributed by atoms with Crippen molar-refractivity contribution in [1.82, 2.24) is 4.90 Å². The molecule has 1 saturated carbocycles. The molecule has 18 heavy (non-hydrogen) atoms. The van der Waals surface area contributed by atoms with Gasteiger partial charge in [0.2, 0.25) is 0 Å². The molecule has 1 heterocycles. The number of hydrogen-bond acceptors (Lipinski definition) is 2. The van der Waals surface area contributed by atoms with E-state index in [1.165, 1.54) is 12.8 Å². The average Bonchev–Trinajstić information content (AvgIpc) is 2.86. The van der Waals surface area contributed by atoms with Crippen LogP contribution in [0.2, 0.25) is 0 Å². The van der Waals surface area contributed by atoms with E-state index in [4.69, 9.17) is 4.74 Å². The van der Waals surface area contributed by atoms with Crippen molar-refractivity contribution >= 4 is 5.91 Å². The van der Waals surface area contributed by atoms with Gasteiger partial charge in [-0.3, -0.25) is 4.79 Å². The summed E-state index contributed by atoms with van der Waals surface area (Å²) in [4.78, 5) is 14.4. The minimum absolute atomic E-state index is 0.137. The molecule has 1 aromatic carbocycles. The SMILES string of the molecule is C[C@H]1Oc2ccccc2CN(C2CCCC2)C1=O. The van der Waals surface area contributed by atoms with Crippen molar-refractivity contribution in [3.05, 3.63) is 29.8 Å². The highest BCUT2D eigenvalue weighted by Gasteiger charge is 2.33. The number of hydrogen-bond donors (Lipinski definition) is 0. The topological polar surface area (TPSA) is 29.5 Å². The van der Waals surface area contributed by atoms with Crippen LogP contribution in [-0.2, 0) is 11.3 Å². The molecule has 0 unspecified atom stereocenters. The second-order valence-corrected chi connectivity index (χ2v) is 5.27. The third-order valence-electron chi connectivity index (χ3n) is 4.01. The first-order valence-corrected chi connectivity index (χ1v) is 6.81. The number of fused-ring (bicyclic) bond motifs is 1. The Morgan fingerprint density at radius 3 is 2.72 bits per heavy atom. The minimum Gasteiger partial charge on any atom is -0.481 e. The Balaban J connectivity index is 1.92. The maximum Gasteiger partial charge on any atom is 0.263 e. The lowest BCUT2D eigenvalue weighted by molar-refractivity contribution is -0.139. The minimum atomic E-state index is -0.366. The third-order valence-corrected chi connectivity index (χ3v) is 4.01. The van der Waals surface area contributed by atoms with Crippen molar-refractivity contribution in [2.45, 2.75) is 51.3 Å². The van der Waals surface area contributed by atoms with Gasteiger partial charge in [-0.25, -0.2) is 0 Å². The maximum absolute atomic E-state index is 12.4. The normalized spacial score (nSPS) is 24.6. The van der Waals surface area contributed by atoms with Crippen LogP contribution in [0.25, 0.3) is 0 Å². The number of nitrogens with zero attached hydrogens (tertiary/aromatic N) is 1. The van der Waals surface area contributed by atoms with Crippen LogP contribution in [-0.4, -0.2) is 23.0 Å². The summed E-state index contributed by atoms with van der Waals surface area (Å²) in [7, 11) is 0. The van der Waals surface area contributed by atoms with E-state index in [0.29, 0.717) is 12.6 Å². The van der Waals surface area contributed by atoms with Crippen LogP contribution < -0.4 is 4.74 Å². The number of carbonyl (C=O) groups excluding carboxylic acids is 1. The molecule has 3 nitrogen and oxygen atoms in total. The Hall–Kier alpha value is -1.51. The largest absolute Gasteiger partial charge is 0.481 e. The van der Waals surface area contributed by atoms with E-state index < -0.39 is 0 Å². The molecule has 0 spiro atoms. The quantitative estimate of drug-likeness (QED) is 0.761. The Labute approximate surface area is 108 Å². The van der Waals surface area contributed by atoms with Crippen LogP contribution in [0.4, 0.5) is 0 Å². The molecule has 1 aliphatic heterocycles. The monoisotopic (exact) mass is 245 g/mol. The van der Waals surface area contributed by atoms with Crippen LogP contribution in [0.5, 0.6) is 5.75 Å². The number of benzene rings is 1. The lowest BCUT2D eigenvalue weighted by Crippen LogP contribution is -2.43. The van der Waals surface area contributed by atoms with Gasteiger partial charge < -0.3 is 9.64 Å². The third kappa shape index (κ3) is 1.98. The fourth-order valence-electron chi connectivity index (χ4n) is 3.01. The van der Waals surface area contributed by atoms with Crippen molar-refractivity contribution in [2.24, 2.45) is 0 Å². The van der Waals surface area contributed by atoms with Gasteiger partial charge in [-0.2, -0.15) is 0 Å². The van der Waals surface area contributed by atoms with E-state index in [1.54, 1.807) is 0 Å². The fraction of sp³-hybridized carbons (Fsp3) is 0.533. The van der Waals surface area contributed by atoms with Crippen molar-refractivity contribution in [1.29, 1.82) is 0 Å². The highest BCUT2D eigenvalue weighted by atomic mass is 16.5. The van der Waals surface area contributed by atoms with Crippen LogP contribution in [0, 0.1) is 0 Å². The molecule has 0 bridgehead atoms. The zero-order valence-electron chi connectivity index (χ0n) is 10.8. The van der Waals surface area contributed by atoms with Gasteiger partial charge in [0.05, 0.1) is 0 Å². The van der Waals surface area contributed by atoms with Crippen LogP contribution >= 0.6 is 0 Å². The lowest BCUT2D eigenvalue weighted by Gasteiger charge is -2.28.